The summed E-state index contributed by atoms with van der Waals surface area (Å²) in [5, 5.41) is 23.0. The van der Waals surface area contributed by atoms with E-state index in [1.165, 1.54) is 0 Å². The molecule has 31 heavy (non-hydrogen) atoms. The molecule has 0 unspecified atom stereocenters. The first kappa shape index (κ1) is 24.4. The van der Waals surface area contributed by atoms with E-state index in [1.54, 1.807) is 5.06 Å². The van der Waals surface area contributed by atoms with Crippen LogP contribution in [0.15, 0.2) is 30.3 Å². The molecule has 2 fully saturated rings. The van der Waals surface area contributed by atoms with Crippen LogP contribution in [0.25, 0.3) is 0 Å². The second-order valence-electron chi connectivity index (χ2n) is 9.95. The first-order valence-corrected chi connectivity index (χ1v) is 13.9. The molecule has 5 nitrogen and oxygen atoms in total. The van der Waals surface area contributed by atoms with Crippen molar-refractivity contribution in [3.8, 4) is 11.5 Å². The first-order chi connectivity index (χ1) is 14.7. The number of aliphatic hydroxyl groups is 2. The SMILES string of the molecule is CC(C)[Si](C#C[C@@H]1O[C@H](CO)[C@H]2[C@H](O)[C@@H]1CON2Cc1ccccc1)(C(C)C)C(C)C. The van der Waals surface area contributed by atoms with Gasteiger partial charge in [-0.05, 0) is 22.2 Å². The highest BCUT2D eigenvalue weighted by molar-refractivity contribution is 6.90. The molecule has 0 amide bonds. The van der Waals surface area contributed by atoms with Crippen molar-refractivity contribution >= 4 is 8.07 Å². The van der Waals surface area contributed by atoms with Crippen molar-refractivity contribution in [1.29, 1.82) is 0 Å². The molecule has 6 heteroatoms. The maximum absolute atomic E-state index is 11.2. The fourth-order valence-corrected chi connectivity index (χ4v) is 10.9. The second-order valence-corrected chi connectivity index (χ2v) is 15.5. The molecule has 2 N–H and O–H groups in total. The van der Waals surface area contributed by atoms with Crippen LogP contribution in [0.2, 0.25) is 16.6 Å². The van der Waals surface area contributed by atoms with Gasteiger partial charge in [-0.25, -0.2) is 0 Å². The third-order valence-electron chi connectivity index (χ3n) is 7.30. The highest BCUT2D eigenvalue weighted by Gasteiger charge is 2.51. The minimum absolute atomic E-state index is 0.178. The van der Waals surface area contributed by atoms with Gasteiger partial charge in [0.25, 0.3) is 0 Å². The molecule has 5 atom stereocenters. The van der Waals surface area contributed by atoms with Crippen molar-refractivity contribution in [2.24, 2.45) is 5.92 Å². The van der Waals surface area contributed by atoms with Crippen LogP contribution in [0.3, 0.4) is 0 Å². The van der Waals surface area contributed by atoms with E-state index in [0.717, 1.165) is 5.56 Å². The standard InChI is InChI=1S/C25H39NO4Si/c1-17(2)31(18(3)4,19(5)6)13-12-22-21-16-29-26(14-20-10-8-7-9-11-20)24(25(21)28)23(15-27)30-22/h7-11,17-19,21-25,27-28H,14-16H2,1-6H3/t21-,22+,23-,24+,25-/m1/s1. The van der Waals surface area contributed by atoms with Crippen LogP contribution in [0.5, 0.6) is 0 Å². The molecule has 0 saturated carbocycles. The maximum atomic E-state index is 11.2. The van der Waals surface area contributed by atoms with Crippen LogP contribution in [0.4, 0.5) is 0 Å². The van der Waals surface area contributed by atoms with Crippen LogP contribution in [-0.4, -0.2) is 60.9 Å². The summed E-state index contributed by atoms with van der Waals surface area (Å²) in [6.45, 7) is 14.4. The van der Waals surface area contributed by atoms with Gasteiger partial charge in [0.2, 0.25) is 0 Å². The predicted octanol–water partition coefficient (Wildman–Crippen LogP) is 3.76. The number of rotatable bonds is 6. The van der Waals surface area contributed by atoms with E-state index >= 15 is 0 Å². The zero-order valence-electron chi connectivity index (χ0n) is 19.8. The Labute approximate surface area is 188 Å². The number of fused-ring (bicyclic) bond motifs is 2. The largest absolute Gasteiger partial charge is 0.394 e. The summed E-state index contributed by atoms with van der Waals surface area (Å²) in [6.07, 6.45) is -1.62. The van der Waals surface area contributed by atoms with Crippen LogP contribution >= 0.6 is 0 Å². The molecule has 2 saturated heterocycles. The number of hydrogen-bond acceptors (Lipinski definition) is 5. The monoisotopic (exact) mass is 445 g/mol. The summed E-state index contributed by atoms with van der Waals surface area (Å²) >= 11 is 0. The summed E-state index contributed by atoms with van der Waals surface area (Å²) in [6, 6.07) is 9.59. The first-order valence-electron chi connectivity index (χ1n) is 11.6. The molecule has 0 radical (unpaired) electrons. The molecule has 2 bridgehead atoms. The van der Waals surface area contributed by atoms with Crippen LogP contribution < -0.4 is 0 Å². The lowest BCUT2D eigenvalue weighted by Gasteiger charge is -2.51. The molecule has 2 aliphatic heterocycles. The van der Waals surface area contributed by atoms with Crippen LogP contribution in [0, 0.1) is 17.4 Å². The highest BCUT2D eigenvalue weighted by atomic mass is 28.3. The molecular formula is C25H39NO4Si. The second kappa shape index (κ2) is 10.2. The van der Waals surface area contributed by atoms with Gasteiger partial charge in [-0.2, -0.15) is 5.06 Å². The van der Waals surface area contributed by atoms with E-state index in [2.05, 4.69) is 53.0 Å². The van der Waals surface area contributed by atoms with Gasteiger partial charge in [-0.3, -0.25) is 4.84 Å². The molecule has 0 aliphatic carbocycles. The van der Waals surface area contributed by atoms with Crippen molar-refractivity contribution in [2.75, 3.05) is 13.2 Å². The zero-order valence-corrected chi connectivity index (χ0v) is 20.8. The van der Waals surface area contributed by atoms with Crippen molar-refractivity contribution < 1.29 is 19.8 Å². The van der Waals surface area contributed by atoms with Crippen molar-refractivity contribution in [2.45, 2.75) is 89.1 Å². The predicted molar refractivity (Wildman–Crippen MR) is 126 cm³/mol. The Morgan fingerprint density at radius 1 is 1.06 bits per heavy atom. The normalized spacial score (nSPS) is 29.3. The van der Waals surface area contributed by atoms with Gasteiger partial charge in [0, 0.05) is 12.5 Å². The summed E-state index contributed by atoms with van der Waals surface area (Å²) in [4.78, 5) is 6.08. The van der Waals surface area contributed by atoms with E-state index in [-0.39, 0.29) is 12.5 Å². The number of hydrogen-bond donors (Lipinski definition) is 2. The average molecular weight is 446 g/mol. The summed E-state index contributed by atoms with van der Waals surface area (Å²) in [5.74, 6) is 3.22. The number of nitrogens with zero attached hydrogens (tertiary/aromatic N) is 1. The van der Waals surface area contributed by atoms with Gasteiger partial charge in [0.1, 0.15) is 20.3 Å². The van der Waals surface area contributed by atoms with E-state index in [1.807, 2.05) is 30.3 Å². The van der Waals surface area contributed by atoms with Gasteiger partial charge >= 0.3 is 0 Å². The third kappa shape index (κ3) is 4.78. The van der Waals surface area contributed by atoms with Crippen molar-refractivity contribution in [3.63, 3.8) is 0 Å². The van der Waals surface area contributed by atoms with Crippen LogP contribution in [0.1, 0.15) is 47.1 Å². The van der Waals surface area contributed by atoms with E-state index in [4.69, 9.17) is 9.57 Å². The Kier molecular flexibility index (Phi) is 8.01. The molecule has 0 aromatic heterocycles. The van der Waals surface area contributed by atoms with Gasteiger partial charge in [-0.1, -0.05) is 77.8 Å². The zero-order chi connectivity index (χ0) is 22.8. The van der Waals surface area contributed by atoms with E-state index in [0.29, 0.717) is 29.8 Å². The molecular weight excluding hydrogens is 406 g/mol. The lowest BCUT2D eigenvalue weighted by Crippen LogP contribution is -2.66. The Morgan fingerprint density at radius 2 is 1.68 bits per heavy atom. The Hall–Kier alpha value is -1.20. The van der Waals surface area contributed by atoms with Gasteiger partial charge in [-0.15, -0.1) is 5.54 Å². The Bertz CT molecular complexity index is 749. The van der Waals surface area contributed by atoms with Gasteiger partial charge in [0.05, 0.1) is 25.4 Å². The fourth-order valence-electron chi connectivity index (χ4n) is 5.67. The number of aliphatic hydroxyl groups excluding tert-OH is 2. The Morgan fingerprint density at radius 3 is 2.23 bits per heavy atom. The molecule has 3 rings (SSSR count). The summed E-state index contributed by atoms with van der Waals surface area (Å²) < 4.78 is 6.29. The molecule has 2 heterocycles. The average Bonchev–Trinajstić information content (AvgIpc) is 2.71. The topological polar surface area (TPSA) is 62.2 Å². The smallest absolute Gasteiger partial charge is 0.146 e. The van der Waals surface area contributed by atoms with Crippen molar-refractivity contribution in [3.05, 3.63) is 35.9 Å². The van der Waals surface area contributed by atoms with E-state index < -0.39 is 32.4 Å². The molecule has 1 aromatic rings. The van der Waals surface area contributed by atoms with Gasteiger partial charge < -0.3 is 14.9 Å². The summed E-state index contributed by atoms with van der Waals surface area (Å²) in [7, 11) is -1.91. The number of ether oxygens (including phenoxy) is 1. The lowest BCUT2D eigenvalue weighted by atomic mass is 9.84. The lowest BCUT2D eigenvalue weighted by molar-refractivity contribution is -0.326. The molecule has 172 valence electrons. The highest BCUT2D eigenvalue weighted by Crippen LogP contribution is 2.41. The quantitative estimate of drug-likeness (QED) is 0.516. The minimum atomic E-state index is -1.91. The molecule has 2 aliphatic rings. The van der Waals surface area contributed by atoms with Crippen LogP contribution in [-0.2, 0) is 16.1 Å². The summed E-state index contributed by atoms with van der Waals surface area (Å²) in [5.41, 5.74) is 6.39. The molecule has 1 aromatic carbocycles. The maximum Gasteiger partial charge on any atom is 0.146 e. The van der Waals surface area contributed by atoms with Crippen molar-refractivity contribution in [1.82, 2.24) is 5.06 Å². The number of benzene rings is 1. The van der Waals surface area contributed by atoms with Gasteiger partial charge in [0.15, 0.2) is 0 Å². The minimum Gasteiger partial charge on any atom is -0.394 e. The number of hydroxylamine groups is 2. The fraction of sp³-hybridized carbons (Fsp3) is 0.680. The third-order valence-corrected chi connectivity index (χ3v) is 13.6. The molecule has 0 spiro atoms. The van der Waals surface area contributed by atoms with E-state index in [9.17, 15) is 10.2 Å². The Balaban J connectivity index is 1.85.